The fourth-order valence-corrected chi connectivity index (χ4v) is 2.76. The molecule has 1 fully saturated rings. The number of guanidine groups is 1. The van der Waals surface area contributed by atoms with Crippen molar-refractivity contribution in [1.29, 1.82) is 0 Å². The highest BCUT2D eigenvalue weighted by atomic mass is 127. The van der Waals surface area contributed by atoms with Crippen LogP contribution in [-0.4, -0.2) is 51.4 Å². The van der Waals surface area contributed by atoms with E-state index in [2.05, 4.69) is 24.7 Å². The van der Waals surface area contributed by atoms with Crippen LogP contribution in [0.2, 0.25) is 0 Å². The van der Waals surface area contributed by atoms with Gasteiger partial charge in [0.2, 0.25) is 0 Å². The van der Waals surface area contributed by atoms with E-state index < -0.39 is 0 Å². The fourth-order valence-electron chi connectivity index (χ4n) is 2.76. The lowest BCUT2D eigenvalue weighted by atomic mass is 10.2. The number of aryl methyl sites for hydroxylation is 1. The minimum atomic E-state index is 0. The lowest BCUT2D eigenvalue weighted by molar-refractivity contribution is 0.00528. The second-order valence-corrected chi connectivity index (χ2v) is 5.44. The molecular formula is C13H23IN6O. The summed E-state index contributed by atoms with van der Waals surface area (Å²) in [5.74, 6) is 2.58. The van der Waals surface area contributed by atoms with Gasteiger partial charge in [-0.2, -0.15) is 0 Å². The third-order valence-electron chi connectivity index (χ3n) is 3.88. The number of hydrogen-bond acceptors (Lipinski definition) is 4. The Morgan fingerprint density at radius 2 is 2.24 bits per heavy atom. The predicted molar refractivity (Wildman–Crippen MR) is 90.7 cm³/mol. The SMILES string of the molecule is CC1CN(C(N)=NCc2nnc3n2CCCC3)CCO1.I. The molecule has 0 spiro atoms. The van der Waals surface area contributed by atoms with E-state index in [0.717, 1.165) is 37.7 Å². The summed E-state index contributed by atoms with van der Waals surface area (Å²) in [4.78, 5) is 6.55. The highest BCUT2D eigenvalue weighted by molar-refractivity contribution is 14.0. The van der Waals surface area contributed by atoms with Crippen LogP contribution in [0.25, 0.3) is 0 Å². The van der Waals surface area contributed by atoms with Crippen LogP contribution in [0.5, 0.6) is 0 Å². The molecule has 0 aromatic carbocycles. The second kappa shape index (κ2) is 7.39. The predicted octanol–water partition coefficient (Wildman–Crippen LogP) is 0.768. The molecule has 2 aliphatic heterocycles. The third-order valence-corrected chi connectivity index (χ3v) is 3.88. The normalized spacial score (nSPS) is 22.6. The van der Waals surface area contributed by atoms with Crippen molar-refractivity contribution < 1.29 is 4.74 Å². The molecule has 2 aliphatic rings. The highest BCUT2D eigenvalue weighted by Gasteiger charge is 2.19. The molecule has 1 aromatic heterocycles. The van der Waals surface area contributed by atoms with Crippen molar-refractivity contribution in [1.82, 2.24) is 19.7 Å². The number of nitrogens with two attached hydrogens (primary N) is 1. The summed E-state index contributed by atoms with van der Waals surface area (Å²) < 4.78 is 7.69. The van der Waals surface area contributed by atoms with Crippen LogP contribution >= 0.6 is 24.0 Å². The zero-order valence-corrected chi connectivity index (χ0v) is 14.7. The van der Waals surface area contributed by atoms with E-state index in [1.54, 1.807) is 0 Å². The Kier molecular flexibility index (Phi) is 5.80. The fraction of sp³-hybridized carbons (Fsp3) is 0.769. The number of ether oxygens (including phenoxy) is 1. The van der Waals surface area contributed by atoms with Gasteiger partial charge in [0.15, 0.2) is 11.8 Å². The van der Waals surface area contributed by atoms with Crippen molar-refractivity contribution in [3.63, 3.8) is 0 Å². The Hall–Kier alpha value is -0.900. The van der Waals surface area contributed by atoms with Crippen LogP contribution in [0, 0.1) is 0 Å². The summed E-state index contributed by atoms with van der Waals surface area (Å²) in [5, 5.41) is 8.47. The van der Waals surface area contributed by atoms with Gasteiger partial charge in [-0.1, -0.05) is 0 Å². The summed E-state index contributed by atoms with van der Waals surface area (Å²) in [6.07, 6.45) is 3.62. The minimum absolute atomic E-state index is 0. The molecule has 1 saturated heterocycles. The minimum Gasteiger partial charge on any atom is -0.375 e. The number of morpholine rings is 1. The quantitative estimate of drug-likeness (QED) is 0.446. The molecular weight excluding hydrogens is 383 g/mol. The van der Waals surface area contributed by atoms with Crippen molar-refractivity contribution in [3.05, 3.63) is 11.6 Å². The summed E-state index contributed by atoms with van der Waals surface area (Å²) in [7, 11) is 0. The average molecular weight is 406 g/mol. The number of halogens is 1. The average Bonchev–Trinajstić information content (AvgIpc) is 2.88. The van der Waals surface area contributed by atoms with Gasteiger partial charge in [0.05, 0.1) is 12.7 Å². The maximum Gasteiger partial charge on any atom is 0.191 e. The number of nitrogens with zero attached hydrogens (tertiary/aromatic N) is 5. The smallest absolute Gasteiger partial charge is 0.191 e. The molecule has 118 valence electrons. The number of hydrogen-bond donors (Lipinski definition) is 1. The van der Waals surface area contributed by atoms with Gasteiger partial charge in [-0.05, 0) is 19.8 Å². The van der Waals surface area contributed by atoms with Crippen molar-refractivity contribution >= 4 is 29.9 Å². The molecule has 3 heterocycles. The van der Waals surface area contributed by atoms with Gasteiger partial charge in [0, 0.05) is 26.1 Å². The summed E-state index contributed by atoms with van der Waals surface area (Å²) >= 11 is 0. The molecule has 3 rings (SSSR count). The molecule has 1 aromatic rings. The standard InChI is InChI=1S/C13H22N6O.HI/c1-10-9-18(6-7-20-10)13(14)15-8-12-17-16-11-4-2-3-5-19(11)12;/h10H,2-9H2,1H3,(H2,14,15);1H. The molecule has 21 heavy (non-hydrogen) atoms. The maximum absolute atomic E-state index is 6.07. The van der Waals surface area contributed by atoms with Crippen molar-refractivity contribution in [2.75, 3.05) is 19.7 Å². The van der Waals surface area contributed by atoms with Crippen LogP contribution in [0.3, 0.4) is 0 Å². The van der Waals surface area contributed by atoms with Gasteiger partial charge in [0.25, 0.3) is 0 Å². The van der Waals surface area contributed by atoms with Crippen LogP contribution < -0.4 is 5.73 Å². The van der Waals surface area contributed by atoms with Gasteiger partial charge < -0.3 is 19.9 Å². The molecule has 0 amide bonds. The van der Waals surface area contributed by atoms with Gasteiger partial charge in [-0.3, -0.25) is 0 Å². The Labute approximate surface area is 142 Å². The lowest BCUT2D eigenvalue weighted by Gasteiger charge is -2.31. The first kappa shape index (κ1) is 16.5. The first-order valence-electron chi connectivity index (χ1n) is 7.31. The Balaban J connectivity index is 0.00000161. The number of fused-ring (bicyclic) bond motifs is 1. The summed E-state index contributed by atoms with van der Waals surface area (Å²) in [6.45, 7) is 5.86. The molecule has 1 atom stereocenters. The van der Waals surface area contributed by atoms with Crippen LogP contribution in [-0.2, 0) is 24.2 Å². The van der Waals surface area contributed by atoms with Crippen LogP contribution in [0.1, 0.15) is 31.4 Å². The summed E-state index contributed by atoms with van der Waals surface area (Å²) in [6, 6.07) is 0. The van der Waals surface area contributed by atoms with Gasteiger partial charge in [0.1, 0.15) is 12.4 Å². The van der Waals surface area contributed by atoms with Crippen LogP contribution in [0.4, 0.5) is 0 Å². The molecule has 8 heteroatoms. The Bertz CT molecular complexity index is 503. The number of aromatic nitrogens is 3. The van der Waals surface area contributed by atoms with E-state index in [9.17, 15) is 0 Å². The molecule has 0 radical (unpaired) electrons. The maximum atomic E-state index is 6.07. The number of rotatable bonds is 2. The molecule has 2 N–H and O–H groups in total. The van der Waals surface area contributed by atoms with Gasteiger partial charge in [-0.15, -0.1) is 34.2 Å². The zero-order valence-electron chi connectivity index (χ0n) is 12.4. The van der Waals surface area contributed by atoms with Crippen molar-refractivity contribution in [3.8, 4) is 0 Å². The first-order chi connectivity index (χ1) is 9.74. The molecule has 0 saturated carbocycles. The van der Waals surface area contributed by atoms with E-state index in [1.807, 2.05) is 6.92 Å². The van der Waals surface area contributed by atoms with E-state index in [0.29, 0.717) is 19.1 Å². The van der Waals surface area contributed by atoms with E-state index in [4.69, 9.17) is 10.5 Å². The molecule has 0 aliphatic carbocycles. The first-order valence-corrected chi connectivity index (χ1v) is 7.31. The molecule has 0 bridgehead atoms. The molecule has 7 nitrogen and oxygen atoms in total. The summed E-state index contributed by atoms with van der Waals surface area (Å²) in [5.41, 5.74) is 6.07. The van der Waals surface area contributed by atoms with E-state index in [-0.39, 0.29) is 30.1 Å². The highest BCUT2D eigenvalue weighted by Crippen LogP contribution is 2.14. The van der Waals surface area contributed by atoms with E-state index in [1.165, 1.54) is 12.8 Å². The van der Waals surface area contributed by atoms with Crippen molar-refractivity contribution in [2.24, 2.45) is 10.7 Å². The Morgan fingerprint density at radius 1 is 1.38 bits per heavy atom. The monoisotopic (exact) mass is 406 g/mol. The topological polar surface area (TPSA) is 81.6 Å². The largest absolute Gasteiger partial charge is 0.375 e. The second-order valence-electron chi connectivity index (χ2n) is 5.44. The number of aliphatic imine (C=N–C) groups is 1. The van der Waals surface area contributed by atoms with Gasteiger partial charge >= 0.3 is 0 Å². The third kappa shape index (κ3) is 3.85. The Morgan fingerprint density at radius 3 is 3.05 bits per heavy atom. The van der Waals surface area contributed by atoms with E-state index >= 15 is 0 Å². The van der Waals surface area contributed by atoms with Gasteiger partial charge in [-0.25, -0.2) is 4.99 Å². The van der Waals surface area contributed by atoms with Crippen molar-refractivity contribution in [2.45, 2.75) is 45.4 Å². The zero-order chi connectivity index (χ0) is 13.9. The molecule has 1 unspecified atom stereocenters. The lowest BCUT2D eigenvalue weighted by Crippen LogP contribution is -2.47. The van der Waals surface area contributed by atoms with Crippen LogP contribution in [0.15, 0.2) is 4.99 Å².